The number of hydrogen-bond donors (Lipinski definition) is 0. The molecule has 0 spiro atoms. The van der Waals surface area contributed by atoms with E-state index >= 15 is 0 Å². The largest absolute Gasteiger partial charge is 0.341 e. The van der Waals surface area contributed by atoms with Gasteiger partial charge in [-0.25, -0.2) is 0 Å². The van der Waals surface area contributed by atoms with E-state index in [0.717, 1.165) is 16.6 Å². The van der Waals surface area contributed by atoms with Crippen LogP contribution in [-0.4, -0.2) is 29.2 Å². The van der Waals surface area contributed by atoms with Crippen molar-refractivity contribution in [3.8, 4) is 0 Å². The first-order chi connectivity index (χ1) is 8.06. The fourth-order valence-corrected chi connectivity index (χ4v) is 3.57. The maximum Gasteiger partial charge on any atom is 0.253 e. The average molecular weight is 361 g/mol. The molecule has 1 aliphatic rings. The molecule has 1 fully saturated rings. The summed E-state index contributed by atoms with van der Waals surface area (Å²) in [5.74, 6) is 0.754. The van der Waals surface area contributed by atoms with Gasteiger partial charge in [-0.3, -0.25) is 4.79 Å². The molecule has 0 saturated heterocycles. The number of nitrogens with zero attached hydrogens (tertiary/aromatic N) is 1. The number of benzene rings is 1. The summed E-state index contributed by atoms with van der Waals surface area (Å²) in [6.45, 7) is 0.855. The van der Waals surface area contributed by atoms with Crippen molar-refractivity contribution in [1.82, 2.24) is 4.90 Å². The average Bonchev–Trinajstić information content (AvgIpc) is 2.26. The highest BCUT2D eigenvalue weighted by atomic mass is 79.9. The van der Waals surface area contributed by atoms with Gasteiger partial charge in [0.05, 0.1) is 0 Å². The lowest BCUT2D eigenvalue weighted by atomic mass is 9.85. The molecule has 0 bridgehead atoms. The Morgan fingerprint density at radius 2 is 2.18 bits per heavy atom. The van der Waals surface area contributed by atoms with Gasteiger partial charge in [-0.1, -0.05) is 37.9 Å². The van der Waals surface area contributed by atoms with Gasteiger partial charge in [-0.2, -0.15) is 0 Å². The van der Waals surface area contributed by atoms with Crippen molar-refractivity contribution >= 4 is 37.8 Å². The van der Waals surface area contributed by atoms with Gasteiger partial charge < -0.3 is 4.90 Å². The molecular weight excluding hydrogens is 346 g/mol. The van der Waals surface area contributed by atoms with Crippen LogP contribution in [0.15, 0.2) is 28.7 Å². The lowest BCUT2D eigenvalue weighted by molar-refractivity contribution is 0.0748. The fourth-order valence-electron chi connectivity index (χ4n) is 2.12. The molecule has 0 radical (unpaired) electrons. The van der Waals surface area contributed by atoms with Crippen molar-refractivity contribution in [2.45, 2.75) is 17.7 Å². The van der Waals surface area contributed by atoms with Crippen LogP contribution in [0.25, 0.3) is 0 Å². The molecule has 0 atom stereocenters. The van der Waals surface area contributed by atoms with Crippen molar-refractivity contribution in [2.75, 3.05) is 13.6 Å². The van der Waals surface area contributed by atoms with E-state index in [4.69, 9.17) is 0 Å². The summed E-state index contributed by atoms with van der Waals surface area (Å²) in [5, 5.41) is 0. The third kappa shape index (κ3) is 3.32. The maximum absolute atomic E-state index is 12.1. The van der Waals surface area contributed by atoms with Crippen LogP contribution in [0.5, 0.6) is 0 Å². The van der Waals surface area contributed by atoms with E-state index in [0.29, 0.717) is 10.7 Å². The third-order valence-corrected chi connectivity index (χ3v) is 4.37. The van der Waals surface area contributed by atoms with Crippen LogP contribution in [0.1, 0.15) is 23.2 Å². The first kappa shape index (κ1) is 13.1. The fraction of sp³-hybridized carbons (Fsp3) is 0.462. The molecule has 0 heterocycles. The number of carbonyl (C=O) groups excluding carboxylic acids is 1. The standard InChI is InChI=1S/C13H15Br2NO/c1-16(8-9-5-12(15)6-9)13(17)10-3-2-4-11(14)7-10/h2-4,7,9,12H,5-6,8H2,1H3. The highest BCUT2D eigenvalue weighted by Gasteiger charge is 2.28. The van der Waals surface area contributed by atoms with Crippen LogP contribution in [0.2, 0.25) is 0 Å². The minimum absolute atomic E-state index is 0.101. The van der Waals surface area contributed by atoms with Gasteiger partial charge >= 0.3 is 0 Å². The normalized spacial score (nSPS) is 23.0. The van der Waals surface area contributed by atoms with Crippen LogP contribution in [0, 0.1) is 5.92 Å². The van der Waals surface area contributed by atoms with Gasteiger partial charge in [0.15, 0.2) is 0 Å². The number of alkyl halides is 1. The number of halogens is 2. The molecule has 2 rings (SSSR count). The molecule has 1 aromatic carbocycles. The monoisotopic (exact) mass is 359 g/mol. The molecule has 0 aromatic heterocycles. The molecule has 17 heavy (non-hydrogen) atoms. The van der Waals surface area contributed by atoms with Crippen molar-refractivity contribution in [3.05, 3.63) is 34.3 Å². The van der Waals surface area contributed by atoms with Crippen LogP contribution < -0.4 is 0 Å². The zero-order chi connectivity index (χ0) is 12.4. The Bertz CT molecular complexity index is 416. The Kier molecular flexibility index (Phi) is 4.26. The quantitative estimate of drug-likeness (QED) is 0.752. The second-order valence-corrected chi connectivity index (χ2v) is 6.84. The second kappa shape index (κ2) is 5.53. The molecule has 1 aromatic rings. The minimum Gasteiger partial charge on any atom is -0.341 e. The zero-order valence-electron chi connectivity index (χ0n) is 9.70. The molecule has 0 N–H and O–H groups in total. The topological polar surface area (TPSA) is 20.3 Å². The Morgan fingerprint density at radius 3 is 2.76 bits per heavy atom. The summed E-state index contributed by atoms with van der Waals surface area (Å²) in [6.07, 6.45) is 2.35. The van der Waals surface area contributed by atoms with Crippen LogP contribution in [0.3, 0.4) is 0 Å². The molecule has 0 aliphatic heterocycles. The summed E-state index contributed by atoms with van der Waals surface area (Å²) in [6, 6.07) is 7.55. The molecule has 1 aliphatic carbocycles. The summed E-state index contributed by atoms with van der Waals surface area (Å²) < 4.78 is 0.945. The SMILES string of the molecule is CN(CC1CC(Br)C1)C(=O)c1cccc(Br)c1. The van der Waals surface area contributed by atoms with Crippen molar-refractivity contribution in [1.29, 1.82) is 0 Å². The number of amides is 1. The lowest BCUT2D eigenvalue weighted by Gasteiger charge is -2.34. The molecule has 2 nitrogen and oxygen atoms in total. The van der Waals surface area contributed by atoms with E-state index in [2.05, 4.69) is 31.9 Å². The molecular formula is C13H15Br2NO. The first-order valence-electron chi connectivity index (χ1n) is 5.71. The summed E-state index contributed by atoms with van der Waals surface area (Å²) >= 11 is 6.96. The number of hydrogen-bond acceptors (Lipinski definition) is 1. The van der Waals surface area contributed by atoms with Crippen LogP contribution in [-0.2, 0) is 0 Å². The van der Waals surface area contributed by atoms with Gasteiger partial charge in [-0.05, 0) is 37.0 Å². The van der Waals surface area contributed by atoms with Crippen LogP contribution in [0.4, 0.5) is 0 Å². The molecule has 4 heteroatoms. The van der Waals surface area contributed by atoms with Crippen molar-refractivity contribution in [3.63, 3.8) is 0 Å². The minimum atomic E-state index is 0.101. The van der Waals surface area contributed by atoms with E-state index in [-0.39, 0.29) is 5.91 Å². The van der Waals surface area contributed by atoms with E-state index in [1.54, 1.807) is 0 Å². The Hall–Kier alpha value is -0.350. The predicted molar refractivity (Wildman–Crippen MR) is 76.5 cm³/mol. The van der Waals surface area contributed by atoms with Gasteiger partial charge in [0.1, 0.15) is 0 Å². The molecule has 1 amide bonds. The highest BCUT2D eigenvalue weighted by molar-refractivity contribution is 9.10. The molecule has 92 valence electrons. The number of rotatable bonds is 3. The first-order valence-corrected chi connectivity index (χ1v) is 7.42. The Balaban J connectivity index is 1.95. The zero-order valence-corrected chi connectivity index (χ0v) is 12.9. The predicted octanol–water partition coefficient (Wildman–Crippen LogP) is 3.69. The van der Waals surface area contributed by atoms with Gasteiger partial charge in [-0.15, -0.1) is 0 Å². The summed E-state index contributed by atoms with van der Waals surface area (Å²) in [4.78, 5) is 14.6. The highest BCUT2D eigenvalue weighted by Crippen LogP contribution is 2.33. The smallest absolute Gasteiger partial charge is 0.253 e. The van der Waals surface area contributed by atoms with Crippen molar-refractivity contribution in [2.24, 2.45) is 5.92 Å². The Morgan fingerprint density at radius 1 is 1.47 bits per heavy atom. The van der Waals surface area contributed by atoms with E-state index in [1.807, 2.05) is 36.2 Å². The van der Waals surface area contributed by atoms with Gasteiger partial charge in [0.25, 0.3) is 5.91 Å². The Labute approximate surface area is 119 Å². The molecule has 1 saturated carbocycles. The van der Waals surface area contributed by atoms with E-state index in [9.17, 15) is 4.79 Å². The van der Waals surface area contributed by atoms with Crippen molar-refractivity contribution < 1.29 is 4.79 Å². The molecule has 0 unspecified atom stereocenters. The van der Waals surface area contributed by atoms with Gasteiger partial charge in [0.2, 0.25) is 0 Å². The van der Waals surface area contributed by atoms with E-state index in [1.165, 1.54) is 12.8 Å². The van der Waals surface area contributed by atoms with E-state index < -0.39 is 0 Å². The second-order valence-electron chi connectivity index (χ2n) is 4.63. The lowest BCUT2D eigenvalue weighted by Crippen LogP contribution is -2.37. The summed E-state index contributed by atoms with van der Waals surface area (Å²) in [7, 11) is 1.88. The third-order valence-electron chi connectivity index (χ3n) is 3.13. The number of carbonyl (C=O) groups is 1. The van der Waals surface area contributed by atoms with Crippen LogP contribution >= 0.6 is 31.9 Å². The van der Waals surface area contributed by atoms with Gasteiger partial charge in [0, 0.05) is 28.5 Å². The maximum atomic E-state index is 12.1. The summed E-state index contributed by atoms with van der Waals surface area (Å²) in [5.41, 5.74) is 0.747.